The highest BCUT2D eigenvalue weighted by atomic mass is 32.2. The van der Waals surface area contributed by atoms with Crippen LogP contribution in [0.1, 0.15) is 157 Å². The van der Waals surface area contributed by atoms with E-state index >= 15 is 0 Å². The molecule has 0 unspecified atom stereocenters. The minimum atomic E-state index is -3.43. The quantitative estimate of drug-likeness (QED) is 0.0316. The van der Waals surface area contributed by atoms with Gasteiger partial charge >= 0.3 is 60.8 Å². The molecule has 1 saturated carbocycles. The van der Waals surface area contributed by atoms with Gasteiger partial charge in [-0.1, -0.05) is 246 Å². The summed E-state index contributed by atoms with van der Waals surface area (Å²) < 4.78 is 90.7. The van der Waals surface area contributed by atoms with Gasteiger partial charge < -0.3 is 62.0 Å². The molecule has 796 valence electrons. The Morgan fingerprint density at radius 2 is 0.785 bits per heavy atom. The monoisotopic (exact) mass is 2090 g/mol. The van der Waals surface area contributed by atoms with Gasteiger partial charge in [0.1, 0.15) is 0 Å². The Balaban J connectivity index is 0.000000202. The molecule has 33 nitrogen and oxygen atoms in total. The van der Waals surface area contributed by atoms with Gasteiger partial charge in [-0.25, -0.2) is 24.0 Å². The maximum absolute atomic E-state index is 12.6. The lowest BCUT2D eigenvalue weighted by molar-refractivity contribution is -0.117. The van der Waals surface area contributed by atoms with E-state index in [4.69, 9.17) is 4.52 Å². The Bertz CT molecular complexity index is 6470. The minimum absolute atomic E-state index is 0.0873. The third-order valence-electron chi connectivity index (χ3n) is 23.1. The molecule has 17 rings (SSSR count). The third-order valence-corrected chi connectivity index (χ3v) is 28.5. The fourth-order valence-corrected chi connectivity index (χ4v) is 18.7. The summed E-state index contributed by atoms with van der Waals surface area (Å²) >= 11 is 0. The first kappa shape index (κ1) is 119. The number of hydrogen-bond donors (Lipinski definition) is 11. The number of carbonyl (C=O) groups is 7. The standard InChI is InChI=1S/C16H18N2O2S.C13H18N2O.C12H18N2O.C11H10N2O2.2C11H16N2O.C11H13NO.C10H14N2O2S.C9H12N2O2S.C9H11NO2/c1-14-7-9-16(10-8-14)18-12-11-17(21(18,19)20)13-15-5-3-2-4-6-15;1-10-6-8-12(9-7-10)15-13(16)14-11-4-2-3-5-11;1-3-4-9-13-12(15)14-11-7-5-10(2)6-8-11;1-8-2-4-9(5-3-8)13-11(14)10-6-7-12-15-10;1-8(2)12-11(14)13-10-6-4-9(3)5-7-10;1-3-8-12-11(14)13-10-6-4-9(2)5-7-10;1-9-4-6-10(7-5-9)12-8-2-3-11(12)13;1-9-3-5-10(6-4-9)12-8-7-11(2)15(12,13)14;1-8-2-4-9(5-3-8)11-7-6-10-14(11,12)13;1-7-3-5-8(6-4-7)10-9(11)12-2/h2-10H,11-13H2,1H3;6-9,11H,2-5H2,1H3,(H2,14,15,16);5-8H,3-4,9H2,1-2H3,(H2,13,14,15);2-7H,1H3,(H,13,14);4-8H,1-3H3,(H2,12,13,14);4-7H,3,8H2,1-2H3,(H2,12,13,14);4-7H,2-3,8H2,1H3;3-6H,7-8H2,1-2H3;2-5,10H,6-7H2,1H3;3-6H,1-2H3,(H,10,11). The third kappa shape index (κ3) is 42.8. The first-order valence-electron chi connectivity index (χ1n) is 49.8. The summed E-state index contributed by atoms with van der Waals surface area (Å²) in [6, 6.07) is 87.9. The number of likely N-dealkylation sites (N-methyl/N-ethyl adjacent to an activating group) is 1. The smallest absolute Gasteiger partial charge is 0.411 e. The van der Waals surface area contributed by atoms with Crippen molar-refractivity contribution >= 4 is 130 Å². The summed E-state index contributed by atoms with van der Waals surface area (Å²) in [4.78, 5) is 81.0. The van der Waals surface area contributed by atoms with Crippen LogP contribution in [-0.2, 0) is 46.7 Å². The van der Waals surface area contributed by atoms with E-state index in [2.05, 4.69) is 81.6 Å². The normalized spacial score (nSPS) is 14.2. The summed E-state index contributed by atoms with van der Waals surface area (Å²) in [5.74, 6) is 0.163. The van der Waals surface area contributed by atoms with Crippen LogP contribution in [0.3, 0.4) is 0 Å². The first-order chi connectivity index (χ1) is 71.2. The molecule has 5 aliphatic rings. The van der Waals surface area contributed by atoms with Gasteiger partial charge in [0.15, 0.2) is 0 Å². The van der Waals surface area contributed by atoms with Crippen LogP contribution in [-0.4, -0.2) is 166 Å². The molecule has 0 radical (unpaired) electrons. The maximum atomic E-state index is 12.6. The number of urea groups is 4. The van der Waals surface area contributed by atoms with E-state index in [1.54, 1.807) is 7.05 Å². The number of anilines is 10. The number of unbranched alkanes of at least 4 members (excludes halogenated alkanes) is 1. The van der Waals surface area contributed by atoms with Gasteiger partial charge in [-0.05, 0) is 242 Å². The minimum Gasteiger partial charge on any atom is -0.453 e. The Labute approximate surface area is 880 Å². The number of nitrogens with one attached hydrogen (secondary N) is 11. The van der Waals surface area contributed by atoms with Crippen LogP contribution in [0.2, 0.25) is 0 Å². The van der Waals surface area contributed by atoms with E-state index < -0.39 is 36.7 Å². The van der Waals surface area contributed by atoms with Crippen molar-refractivity contribution in [3.63, 3.8) is 0 Å². The number of methoxy groups -OCH3 is 1. The number of rotatable bonds is 20. The molecule has 149 heavy (non-hydrogen) atoms. The number of aromatic nitrogens is 1. The SMILES string of the molecule is CCCCNC(=O)Nc1ccc(C)cc1.CCCNC(=O)Nc1ccc(C)cc1.COC(=O)Nc1ccc(C)cc1.Cc1ccc(N2CCCC2=O)cc1.Cc1ccc(N2CCN(C)S2(=O)=O)cc1.Cc1ccc(N2CCN(Cc3ccccc3)S2(=O)=O)cc1.Cc1ccc(N2CCNS2(=O)=O)cc1.Cc1ccc(NC(=O)NC(C)C)cc1.Cc1ccc(NC(=O)NC2CCCC2)cc1.Cc1ccc(NC(=O)c2ccno2)cc1. The number of aryl methyl sites for hydroxylation is 10. The largest absolute Gasteiger partial charge is 0.453 e. The summed E-state index contributed by atoms with van der Waals surface area (Å²) in [6.07, 6.45) is 10.4. The molecule has 0 bridgehead atoms. The van der Waals surface area contributed by atoms with E-state index in [0.717, 1.165) is 142 Å². The lowest BCUT2D eigenvalue weighted by atomic mass is 10.2. The average molecular weight is 2090 g/mol. The molecular formula is C113H146N18O15S3. The second-order valence-electron chi connectivity index (χ2n) is 36.4. The lowest BCUT2D eigenvalue weighted by Gasteiger charge is -2.20. The summed E-state index contributed by atoms with van der Waals surface area (Å²) in [6.45, 7) is 33.8. The molecule has 11 amide bonds. The highest BCUT2D eigenvalue weighted by Gasteiger charge is 2.37. The van der Waals surface area contributed by atoms with E-state index in [1.807, 2.05) is 361 Å². The van der Waals surface area contributed by atoms with Crippen molar-refractivity contribution in [1.82, 2.24) is 39.8 Å². The molecule has 11 aromatic carbocycles. The summed E-state index contributed by atoms with van der Waals surface area (Å²) in [5.41, 5.74) is 20.7. The van der Waals surface area contributed by atoms with Crippen molar-refractivity contribution in [2.24, 2.45) is 0 Å². The Morgan fingerprint density at radius 1 is 0.409 bits per heavy atom. The molecule has 4 saturated heterocycles. The number of benzene rings is 11. The van der Waals surface area contributed by atoms with Crippen molar-refractivity contribution < 1.29 is 68.1 Å². The molecule has 4 aliphatic heterocycles. The molecule has 0 atom stereocenters. The summed E-state index contributed by atoms with van der Waals surface area (Å²) in [7, 11) is -7.02. The van der Waals surface area contributed by atoms with Crippen molar-refractivity contribution in [3.05, 3.63) is 352 Å². The number of nitrogens with zero attached hydrogens (tertiary/aromatic N) is 7. The van der Waals surface area contributed by atoms with E-state index in [9.17, 15) is 58.8 Å². The van der Waals surface area contributed by atoms with Gasteiger partial charge in [0.05, 0.1) is 30.4 Å². The highest BCUT2D eigenvalue weighted by Crippen LogP contribution is 2.30. The van der Waals surface area contributed by atoms with Gasteiger partial charge in [0.25, 0.3) is 5.91 Å². The van der Waals surface area contributed by atoms with Gasteiger partial charge in [0.2, 0.25) is 11.7 Å². The molecule has 11 N–H and O–H groups in total. The van der Waals surface area contributed by atoms with Crippen LogP contribution < -0.4 is 75.7 Å². The van der Waals surface area contributed by atoms with Crippen molar-refractivity contribution in [2.75, 3.05) is 123 Å². The van der Waals surface area contributed by atoms with E-state index in [1.165, 1.54) is 81.6 Å². The first-order valence-corrected chi connectivity index (χ1v) is 54.0. The Morgan fingerprint density at radius 3 is 1.15 bits per heavy atom. The molecule has 0 spiro atoms. The average Bonchev–Trinajstić information content (AvgIpc) is 1.76. The predicted molar refractivity (Wildman–Crippen MR) is 601 cm³/mol. The molecule has 1 aromatic heterocycles. The Hall–Kier alpha value is -15.0. The van der Waals surface area contributed by atoms with Crippen molar-refractivity contribution in [3.8, 4) is 0 Å². The Kier molecular flexibility index (Phi) is 49.3. The molecule has 5 heterocycles. The van der Waals surface area contributed by atoms with E-state index in [0.29, 0.717) is 64.8 Å². The number of ether oxygens (including phenoxy) is 1. The van der Waals surface area contributed by atoms with Crippen LogP contribution >= 0.6 is 0 Å². The van der Waals surface area contributed by atoms with Crippen LogP contribution in [0.5, 0.6) is 0 Å². The molecule has 1 aliphatic carbocycles. The van der Waals surface area contributed by atoms with Crippen LogP contribution in [0.4, 0.5) is 80.8 Å². The fourth-order valence-electron chi connectivity index (χ4n) is 14.5. The second kappa shape index (κ2) is 61.6. The van der Waals surface area contributed by atoms with Gasteiger partial charge in [-0.3, -0.25) is 27.8 Å². The summed E-state index contributed by atoms with van der Waals surface area (Å²) in [5, 5.41) is 31.1. The molecule has 36 heteroatoms. The molecular weight excluding hydrogens is 1950 g/mol. The van der Waals surface area contributed by atoms with Crippen LogP contribution in [0, 0.1) is 69.2 Å². The highest BCUT2D eigenvalue weighted by molar-refractivity contribution is 7.91. The second-order valence-corrected chi connectivity index (χ2v) is 41.8. The van der Waals surface area contributed by atoms with Gasteiger partial charge in [0, 0.05) is 137 Å². The number of carbonyl (C=O) groups excluding carboxylic acids is 7. The maximum Gasteiger partial charge on any atom is 0.411 e. The van der Waals surface area contributed by atoms with Crippen molar-refractivity contribution in [2.45, 2.75) is 173 Å². The fraction of sp³-hybridized carbons (Fsp3) is 0.327. The van der Waals surface area contributed by atoms with Gasteiger partial charge in [-0.15, -0.1) is 0 Å². The predicted octanol–water partition coefficient (Wildman–Crippen LogP) is 21.8. The molecule has 5 fully saturated rings. The van der Waals surface area contributed by atoms with Crippen molar-refractivity contribution in [1.29, 1.82) is 0 Å². The van der Waals surface area contributed by atoms with Crippen LogP contribution in [0.15, 0.2) is 290 Å². The zero-order valence-electron chi connectivity index (χ0n) is 88.2. The topological polar surface area (TPSA) is 409 Å². The molecule has 12 aromatic rings. The van der Waals surface area contributed by atoms with E-state index in [-0.39, 0.29) is 47.7 Å². The van der Waals surface area contributed by atoms with Crippen LogP contribution in [0.25, 0.3) is 0 Å². The van der Waals surface area contributed by atoms with Gasteiger partial charge in [-0.2, -0.15) is 38.6 Å². The number of hydrogen-bond acceptors (Lipinski definition) is 16. The zero-order valence-corrected chi connectivity index (χ0v) is 90.7. The number of amides is 11. The lowest BCUT2D eigenvalue weighted by Crippen LogP contribution is -2.36. The zero-order chi connectivity index (χ0) is 108.